The molecule has 0 bridgehead atoms. The molecule has 1 atom stereocenters. The first-order valence-electron chi connectivity index (χ1n) is 7.29. The number of nitrogens with two attached hydrogens (primary N) is 1. The third-order valence-electron chi connectivity index (χ3n) is 2.98. The van der Waals surface area contributed by atoms with Crippen molar-refractivity contribution in [2.75, 3.05) is 12.4 Å². The molecule has 0 aromatic heterocycles. The molecule has 0 aliphatic rings. The smallest absolute Gasteiger partial charge is 0.105 e. The number of hydrogen-bond donors (Lipinski definition) is 2. The fourth-order valence-electron chi connectivity index (χ4n) is 1.86. The molecule has 0 aromatic carbocycles. The SMILES string of the molecule is CCCCCCCCCCC(N)OCCCS. The predicted octanol–water partition coefficient (Wildman–Crippen LogP) is 4.14. The van der Waals surface area contributed by atoms with Crippen molar-refractivity contribution in [3.05, 3.63) is 0 Å². The summed E-state index contributed by atoms with van der Waals surface area (Å²) in [6, 6.07) is 0. The van der Waals surface area contributed by atoms with Crippen LogP contribution >= 0.6 is 12.6 Å². The zero-order valence-corrected chi connectivity index (χ0v) is 12.4. The van der Waals surface area contributed by atoms with Crippen molar-refractivity contribution in [3.8, 4) is 0 Å². The molecule has 0 saturated heterocycles. The molecule has 0 aromatic rings. The second-order valence-electron chi connectivity index (χ2n) is 4.75. The van der Waals surface area contributed by atoms with Crippen molar-refractivity contribution in [3.63, 3.8) is 0 Å². The second kappa shape index (κ2) is 14.3. The largest absolute Gasteiger partial charge is 0.364 e. The van der Waals surface area contributed by atoms with E-state index in [0.717, 1.165) is 25.2 Å². The lowest BCUT2D eigenvalue weighted by molar-refractivity contribution is 0.0511. The highest BCUT2D eigenvalue weighted by Gasteiger charge is 2.01. The van der Waals surface area contributed by atoms with Gasteiger partial charge in [-0.25, -0.2) is 0 Å². The lowest BCUT2D eigenvalue weighted by atomic mass is 10.1. The van der Waals surface area contributed by atoms with Gasteiger partial charge in [0.2, 0.25) is 0 Å². The van der Waals surface area contributed by atoms with Crippen molar-refractivity contribution in [1.29, 1.82) is 0 Å². The summed E-state index contributed by atoms with van der Waals surface area (Å²) in [5.74, 6) is 0.879. The molecule has 0 heterocycles. The van der Waals surface area contributed by atoms with E-state index in [1.165, 1.54) is 51.4 Å². The van der Waals surface area contributed by atoms with Gasteiger partial charge in [0.15, 0.2) is 0 Å². The lowest BCUT2D eigenvalue weighted by Gasteiger charge is -2.12. The lowest BCUT2D eigenvalue weighted by Crippen LogP contribution is -2.24. The van der Waals surface area contributed by atoms with Crippen LogP contribution in [0.3, 0.4) is 0 Å². The van der Waals surface area contributed by atoms with Crippen LogP contribution in [0.15, 0.2) is 0 Å². The van der Waals surface area contributed by atoms with Gasteiger partial charge >= 0.3 is 0 Å². The van der Waals surface area contributed by atoms with Gasteiger partial charge < -0.3 is 10.5 Å². The number of rotatable bonds is 13. The van der Waals surface area contributed by atoms with Crippen molar-refractivity contribution in [2.24, 2.45) is 5.73 Å². The summed E-state index contributed by atoms with van der Waals surface area (Å²) in [5.41, 5.74) is 5.85. The molecule has 0 aliphatic heterocycles. The van der Waals surface area contributed by atoms with E-state index in [4.69, 9.17) is 10.5 Å². The molecule has 0 saturated carbocycles. The van der Waals surface area contributed by atoms with E-state index in [1.807, 2.05) is 0 Å². The molecular weight excluding hydrogens is 230 g/mol. The van der Waals surface area contributed by atoms with Gasteiger partial charge in [-0.3, -0.25) is 0 Å². The number of hydrogen-bond acceptors (Lipinski definition) is 3. The molecule has 0 aliphatic carbocycles. The number of unbranched alkanes of at least 4 members (excludes halogenated alkanes) is 7. The van der Waals surface area contributed by atoms with Crippen LogP contribution in [0, 0.1) is 0 Å². The Bertz CT molecular complexity index is 144. The first-order chi connectivity index (χ1) is 8.31. The highest BCUT2D eigenvalue weighted by Crippen LogP contribution is 2.10. The van der Waals surface area contributed by atoms with Crippen molar-refractivity contribution < 1.29 is 4.74 Å². The predicted molar refractivity (Wildman–Crippen MR) is 79.6 cm³/mol. The van der Waals surface area contributed by atoms with E-state index in [-0.39, 0.29) is 6.23 Å². The second-order valence-corrected chi connectivity index (χ2v) is 5.20. The average molecular weight is 261 g/mol. The zero-order valence-electron chi connectivity index (χ0n) is 11.5. The number of ether oxygens (including phenoxy) is 1. The summed E-state index contributed by atoms with van der Waals surface area (Å²) >= 11 is 4.14. The van der Waals surface area contributed by atoms with Crippen molar-refractivity contribution in [1.82, 2.24) is 0 Å². The number of thiol groups is 1. The quantitative estimate of drug-likeness (QED) is 0.297. The Labute approximate surface area is 113 Å². The Kier molecular flexibility index (Phi) is 14.6. The Morgan fingerprint density at radius 1 is 0.941 bits per heavy atom. The van der Waals surface area contributed by atoms with Crippen molar-refractivity contribution in [2.45, 2.75) is 77.4 Å². The topological polar surface area (TPSA) is 35.2 Å². The Balaban J connectivity index is 3.05. The minimum atomic E-state index is -0.0602. The molecule has 104 valence electrons. The molecular formula is C14H31NOS. The van der Waals surface area contributed by atoms with Crippen LogP contribution in [0.4, 0.5) is 0 Å². The van der Waals surface area contributed by atoms with Crippen LogP contribution in [-0.2, 0) is 4.74 Å². The van der Waals surface area contributed by atoms with E-state index in [2.05, 4.69) is 19.6 Å². The summed E-state index contributed by atoms with van der Waals surface area (Å²) in [7, 11) is 0. The summed E-state index contributed by atoms with van der Waals surface area (Å²) in [4.78, 5) is 0. The van der Waals surface area contributed by atoms with E-state index in [9.17, 15) is 0 Å². The standard InChI is InChI=1S/C14H31NOS/c1-2-3-4-5-6-7-8-9-11-14(15)16-12-10-13-17/h14,17H,2-13,15H2,1H3. The van der Waals surface area contributed by atoms with Crippen molar-refractivity contribution >= 4 is 12.6 Å². The summed E-state index contributed by atoms with van der Waals surface area (Å²) in [5, 5.41) is 0. The first-order valence-corrected chi connectivity index (χ1v) is 7.92. The maximum Gasteiger partial charge on any atom is 0.105 e. The van der Waals surface area contributed by atoms with E-state index >= 15 is 0 Å². The molecule has 1 unspecified atom stereocenters. The third-order valence-corrected chi connectivity index (χ3v) is 3.29. The monoisotopic (exact) mass is 261 g/mol. The van der Waals surface area contributed by atoms with Crippen LogP contribution in [0.1, 0.15) is 71.1 Å². The van der Waals surface area contributed by atoms with Crippen LogP contribution in [0.2, 0.25) is 0 Å². The van der Waals surface area contributed by atoms with Crippen LogP contribution in [-0.4, -0.2) is 18.6 Å². The average Bonchev–Trinajstić information content (AvgIpc) is 2.33. The van der Waals surface area contributed by atoms with Gasteiger partial charge in [0.25, 0.3) is 0 Å². The molecule has 2 nitrogen and oxygen atoms in total. The molecule has 0 fully saturated rings. The summed E-state index contributed by atoms with van der Waals surface area (Å²) < 4.78 is 5.47. The molecule has 0 radical (unpaired) electrons. The van der Waals surface area contributed by atoms with E-state index < -0.39 is 0 Å². The molecule has 0 spiro atoms. The minimum absolute atomic E-state index is 0.0602. The third kappa shape index (κ3) is 14.2. The van der Waals surface area contributed by atoms with Gasteiger partial charge in [0.05, 0.1) is 0 Å². The molecule has 0 amide bonds. The highest BCUT2D eigenvalue weighted by atomic mass is 32.1. The van der Waals surface area contributed by atoms with Gasteiger partial charge in [-0.15, -0.1) is 0 Å². The molecule has 0 rings (SSSR count). The Morgan fingerprint density at radius 2 is 1.53 bits per heavy atom. The Morgan fingerprint density at radius 3 is 2.12 bits per heavy atom. The van der Waals surface area contributed by atoms with Crippen LogP contribution in [0.5, 0.6) is 0 Å². The van der Waals surface area contributed by atoms with Gasteiger partial charge in [0, 0.05) is 6.61 Å². The molecule has 2 N–H and O–H groups in total. The van der Waals surface area contributed by atoms with Gasteiger partial charge in [-0.05, 0) is 25.0 Å². The summed E-state index contributed by atoms with van der Waals surface area (Å²) in [6.45, 7) is 3.01. The van der Waals surface area contributed by atoms with Gasteiger partial charge in [-0.2, -0.15) is 12.6 Å². The normalized spacial score (nSPS) is 12.9. The minimum Gasteiger partial charge on any atom is -0.364 e. The maximum absolute atomic E-state index is 5.85. The summed E-state index contributed by atoms with van der Waals surface area (Å²) in [6.07, 6.45) is 12.7. The first kappa shape index (κ1) is 17.3. The zero-order chi connectivity index (χ0) is 12.8. The van der Waals surface area contributed by atoms with Crippen LogP contribution in [0.25, 0.3) is 0 Å². The van der Waals surface area contributed by atoms with E-state index in [1.54, 1.807) is 0 Å². The van der Waals surface area contributed by atoms with E-state index in [0.29, 0.717) is 0 Å². The maximum atomic E-state index is 5.85. The molecule has 17 heavy (non-hydrogen) atoms. The fraction of sp³-hybridized carbons (Fsp3) is 1.00. The Hall–Kier alpha value is 0.270. The van der Waals surface area contributed by atoms with Crippen LogP contribution < -0.4 is 5.73 Å². The highest BCUT2D eigenvalue weighted by molar-refractivity contribution is 7.80. The fourth-order valence-corrected chi connectivity index (χ4v) is 1.99. The molecule has 3 heteroatoms. The van der Waals surface area contributed by atoms with Gasteiger partial charge in [0.1, 0.15) is 6.23 Å². The van der Waals surface area contributed by atoms with Gasteiger partial charge in [-0.1, -0.05) is 51.9 Å².